The second-order valence-electron chi connectivity index (χ2n) is 3.64. The molecule has 0 aliphatic rings. The normalized spacial score (nSPS) is 10.2. The zero-order valence-electron chi connectivity index (χ0n) is 9.27. The van der Waals surface area contributed by atoms with Crippen molar-refractivity contribution < 1.29 is 9.53 Å². The number of benzene rings is 1. The van der Waals surface area contributed by atoms with Crippen molar-refractivity contribution in [2.45, 2.75) is 13.3 Å². The third-order valence-corrected chi connectivity index (χ3v) is 3.37. The number of hydrogen-bond donors (Lipinski definition) is 0. The Labute approximate surface area is 109 Å². The van der Waals surface area contributed by atoms with E-state index in [1.165, 1.54) is 0 Å². The predicted molar refractivity (Wildman–Crippen MR) is 69.8 cm³/mol. The van der Waals surface area contributed by atoms with Gasteiger partial charge in [-0.05, 0) is 42.1 Å². The van der Waals surface area contributed by atoms with Crippen LogP contribution in [0.25, 0.3) is 0 Å². The Balaban J connectivity index is 2.03. The van der Waals surface area contributed by atoms with Gasteiger partial charge in [0.25, 0.3) is 0 Å². The van der Waals surface area contributed by atoms with Crippen LogP contribution in [0.1, 0.15) is 10.4 Å². The summed E-state index contributed by atoms with van der Waals surface area (Å²) in [6, 6.07) is 9.03. The molecule has 0 saturated heterocycles. The first-order chi connectivity index (χ1) is 8.15. The number of carbonyl (C=O) groups is 1. The highest BCUT2D eigenvalue weighted by Gasteiger charge is 2.09. The van der Waals surface area contributed by atoms with Gasteiger partial charge < -0.3 is 4.74 Å². The lowest BCUT2D eigenvalue weighted by atomic mass is 10.2. The van der Waals surface area contributed by atoms with Crippen molar-refractivity contribution in [3.8, 4) is 5.75 Å². The van der Waals surface area contributed by atoms with Crippen LogP contribution in [-0.4, -0.2) is 5.97 Å². The molecule has 0 radical (unpaired) electrons. The number of halogens is 1. The Morgan fingerprint density at radius 2 is 2.24 bits per heavy atom. The molecular formula is C13H11ClO2S. The van der Waals surface area contributed by atoms with Gasteiger partial charge in [-0.15, -0.1) is 11.3 Å². The van der Waals surface area contributed by atoms with E-state index >= 15 is 0 Å². The molecule has 0 spiro atoms. The first kappa shape index (κ1) is 12.1. The van der Waals surface area contributed by atoms with Crippen LogP contribution in [0.5, 0.6) is 5.75 Å². The Bertz CT molecular complexity index is 520. The van der Waals surface area contributed by atoms with E-state index in [0.29, 0.717) is 17.2 Å². The molecule has 1 heterocycles. The lowest BCUT2D eigenvalue weighted by Gasteiger charge is -2.06. The van der Waals surface area contributed by atoms with E-state index in [2.05, 4.69) is 0 Å². The maximum absolute atomic E-state index is 11.7. The largest absolute Gasteiger partial charge is 0.426 e. The molecule has 2 rings (SSSR count). The number of esters is 1. The van der Waals surface area contributed by atoms with E-state index in [0.717, 1.165) is 10.4 Å². The minimum atomic E-state index is -0.252. The molecule has 1 aromatic heterocycles. The molecule has 0 aliphatic carbocycles. The molecule has 0 amide bonds. The number of rotatable bonds is 3. The lowest BCUT2D eigenvalue weighted by molar-refractivity contribution is -0.133. The van der Waals surface area contributed by atoms with Crippen LogP contribution in [0, 0.1) is 6.92 Å². The van der Waals surface area contributed by atoms with Gasteiger partial charge in [-0.2, -0.15) is 0 Å². The van der Waals surface area contributed by atoms with Gasteiger partial charge in [0.05, 0.1) is 6.42 Å². The van der Waals surface area contributed by atoms with Crippen molar-refractivity contribution in [3.05, 3.63) is 51.2 Å². The minimum Gasteiger partial charge on any atom is -0.426 e. The van der Waals surface area contributed by atoms with E-state index < -0.39 is 0 Å². The summed E-state index contributed by atoms with van der Waals surface area (Å²) in [5.41, 5.74) is 0.858. The van der Waals surface area contributed by atoms with E-state index in [9.17, 15) is 4.79 Å². The lowest BCUT2D eigenvalue weighted by Crippen LogP contribution is -2.11. The van der Waals surface area contributed by atoms with Crippen LogP contribution in [-0.2, 0) is 11.2 Å². The van der Waals surface area contributed by atoms with Gasteiger partial charge in [0, 0.05) is 9.90 Å². The molecule has 2 aromatic rings. The Kier molecular flexibility index (Phi) is 3.82. The third kappa shape index (κ3) is 3.32. The first-order valence-electron chi connectivity index (χ1n) is 5.14. The third-order valence-electron chi connectivity index (χ3n) is 2.26. The quantitative estimate of drug-likeness (QED) is 0.623. The fourth-order valence-corrected chi connectivity index (χ4v) is 2.36. The molecule has 2 nitrogen and oxygen atoms in total. The highest BCUT2D eigenvalue weighted by molar-refractivity contribution is 7.10. The zero-order chi connectivity index (χ0) is 12.3. The molecule has 0 saturated carbocycles. The maximum Gasteiger partial charge on any atom is 0.316 e. The Hall–Kier alpha value is -1.32. The number of hydrogen-bond acceptors (Lipinski definition) is 3. The predicted octanol–water partition coefficient (Wildman–Crippen LogP) is 3.86. The summed E-state index contributed by atoms with van der Waals surface area (Å²) in [5.74, 6) is 0.314. The fraction of sp³-hybridized carbons (Fsp3) is 0.154. The summed E-state index contributed by atoms with van der Waals surface area (Å²) >= 11 is 7.38. The molecule has 0 unspecified atom stereocenters. The van der Waals surface area contributed by atoms with Crippen molar-refractivity contribution in [2.75, 3.05) is 0 Å². The van der Waals surface area contributed by atoms with Crippen LogP contribution >= 0.6 is 22.9 Å². The van der Waals surface area contributed by atoms with Gasteiger partial charge in [0.1, 0.15) is 5.75 Å². The molecule has 0 aliphatic heterocycles. The highest BCUT2D eigenvalue weighted by atomic mass is 35.5. The smallest absolute Gasteiger partial charge is 0.316 e. The molecule has 1 aromatic carbocycles. The van der Waals surface area contributed by atoms with Crippen molar-refractivity contribution in [1.29, 1.82) is 0 Å². The topological polar surface area (TPSA) is 26.3 Å². The second-order valence-corrected chi connectivity index (χ2v) is 5.11. The van der Waals surface area contributed by atoms with Crippen LogP contribution < -0.4 is 4.74 Å². The molecule has 17 heavy (non-hydrogen) atoms. The number of aryl methyl sites for hydroxylation is 1. The van der Waals surface area contributed by atoms with Crippen molar-refractivity contribution >= 4 is 28.9 Å². The Morgan fingerprint density at radius 3 is 2.88 bits per heavy atom. The zero-order valence-corrected chi connectivity index (χ0v) is 10.8. The van der Waals surface area contributed by atoms with Gasteiger partial charge in [0.2, 0.25) is 0 Å². The average molecular weight is 267 g/mol. The number of carbonyl (C=O) groups excluding carboxylic acids is 1. The van der Waals surface area contributed by atoms with Gasteiger partial charge in [0.15, 0.2) is 0 Å². The van der Waals surface area contributed by atoms with E-state index in [4.69, 9.17) is 16.3 Å². The van der Waals surface area contributed by atoms with Crippen molar-refractivity contribution in [3.63, 3.8) is 0 Å². The second kappa shape index (κ2) is 5.34. The van der Waals surface area contributed by atoms with Crippen LogP contribution in [0.4, 0.5) is 0 Å². The summed E-state index contributed by atoms with van der Waals surface area (Å²) in [4.78, 5) is 12.7. The molecule has 0 bridgehead atoms. The van der Waals surface area contributed by atoms with Gasteiger partial charge >= 0.3 is 5.97 Å². The average Bonchev–Trinajstić information content (AvgIpc) is 2.75. The summed E-state index contributed by atoms with van der Waals surface area (Å²) < 4.78 is 5.28. The number of ether oxygens (including phenoxy) is 1. The minimum absolute atomic E-state index is 0.252. The molecule has 0 atom stereocenters. The van der Waals surface area contributed by atoms with Gasteiger partial charge in [-0.1, -0.05) is 17.7 Å². The van der Waals surface area contributed by atoms with Gasteiger partial charge in [-0.25, -0.2) is 0 Å². The van der Waals surface area contributed by atoms with E-state index in [-0.39, 0.29) is 5.97 Å². The summed E-state index contributed by atoms with van der Waals surface area (Å²) in [7, 11) is 0. The molecule has 0 N–H and O–H groups in total. The highest BCUT2D eigenvalue weighted by Crippen LogP contribution is 2.22. The summed E-state index contributed by atoms with van der Waals surface area (Å²) in [6.45, 7) is 1.86. The van der Waals surface area contributed by atoms with Crippen molar-refractivity contribution in [2.24, 2.45) is 0 Å². The van der Waals surface area contributed by atoms with Crippen LogP contribution in [0.15, 0.2) is 35.7 Å². The first-order valence-corrected chi connectivity index (χ1v) is 6.40. The standard InChI is InChI=1S/C13H11ClO2S/c1-9-7-10(14)4-5-12(9)16-13(15)8-11-3-2-6-17-11/h2-7H,8H2,1H3. The van der Waals surface area contributed by atoms with Crippen LogP contribution in [0.2, 0.25) is 5.02 Å². The molecule has 88 valence electrons. The van der Waals surface area contributed by atoms with Crippen molar-refractivity contribution in [1.82, 2.24) is 0 Å². The maximum atomic E-state index is 11.7. The monoisotopic (exact) mass is 266 g/mol. The number of thiophene rings is 1. The summed E-state index contributed by atoms with van der Waals surface area (Å²) in [6.07, 6.45) is 0.305. The fourth-order valence-electron chi connectivity index (χ4n) is 1.44. The van der Waals surface area contributed by atoms with E-state index in [1.54, 1.807) is 29.5 Å². The molecule has 4 heteroatoms. The Morgan fingerprint density at radius 1 is 1.41 bits per heavy atom. The molecule has 0 fully saturated rings. The summed E-state index contributed by atoms with van der Waals surface area (Å²) in [5, 5.41) is 2.58. The van der Waals surface area contributed by atoms with E-state index in [1.807, 2.05) is 24.4 Å². The van der Waals surface area contributed by atoms with Crippen LogP contribution in [0.3, 0.4) is 0 Å². The SMILES string of the molecule is Cc1cc(Cl)ccc1OC(=O)Cc1cccs1. The molecular weight excluding hydrogens is 256 g/mol. The van der Waals surface area contributed by atoms with Gasteiger partial charge in [-0.3, -0.25) is 4.79 Å².